The fourth-order valence-electron chi connectivity index (χ4n) is 2.22. The molecule has 0 bridgehead atoms. The van der Waals surface area contributed by atoms with Crippen LogP contribution in [0.4, 0.5) is 10.1 Å². The van der Waals surface area contributed by atoms with E-state index in [0.29, 0.717) is 5.92 Å². The highest BCUT2D eigenvalue weighted by atomic mass is 19.1. The number of nitrogens with two attached hydrogens (primary N) is 1. The van der Waals surface area contributed by atoms with Crippen LogP contribution in [0.2, 0.25) is 0 Å². The van der Waals surface area contributed by atoms with Crippen LogP contribution in [0.5, 0.6) is 0 Å². The Morgan fingerprint density at radius 1 is 1.00 bits per heavy atom. The third-order valence-electron chi connectivity index (χ3n) is 3.03. The lowest BCUT2D eigenvalue weighted by molar-refractivity contribution is 0.575. The fraction of sp³-hybridized carbons (Fsp3) is 0.250. The third kappa shape index (κ3) is 3.59. The molecule has 18 heavy (non-hydrogen) atoms. The summed E-state index contributed by atoms with van der Waals surface area (Å²) >= 11 is 0. The van der Waals surface area contributed by atoms with E-state index in [0.717, 1.165) is 18.5 Å². The van der Waals surface area contributed by atoms with Crippen molar-refractivity contribution in [1.82, 2.24) is 0 Å². The highest BCUT2D eigenvalue weighted by molar-refractivity contribution is 5.40. The maximum Gasteiger partial charge on any atom is 0.123 e. The van der Waals surface area contributed by atoms with Gasteiger partial charge in [-0.05, 0) is 54.2 Å². The van der Waals surface area contributed by atoms with Crippen molar-refractivity contribution < 1.29 is 4.39 Å². The molecule has 0 saturated carbocycles. The molecule has 0 heterocycles. The highest BCUT2D eigenvalue weighted by Crippen LogP contribution is 2.16. The molecule has 2 rings (SSSR count). The lowest BCUT2D eigenvalue weighted by atomic mass is 9.94. The molecule has 1 nitrogen and oxygen atoms in total. The summed E-state index contributed by atoms with van der Waals surface area (Å²) in [5.41, 5.74) is 9.00. The number of benzene rings is 2. The van der Waals surface area contributed by atoms with Gasteiger partial charge < -0.3 is 5.73 Å². The first-order valence-corrected chi connectivity index (χ1v) is 6.22. The Balaban J connectivity index is 1.96. The van der Waals surface area contributed by atoms with E-state index in [-0.39, 0.29) is 5.82 Å². The van der Waals surface area contributed by atoms with Gasteiger partial charge in [0.2, 0.25) is 0 Å². The van der Waals surface area contributed by atoms with Crippen molar-refractivity contribution in [2.24, 2.45) is 5.92 Å². The molecule has 0 radical (unpaired) electrons. The van der Waals surface area contributed by atoms with Gasteiger partial charge in [-0.3, -0.25) is 0 Å². The summed E-state index contributed by atoms with van der Waals surface area (Å²) in [6.45, 7) is 2.20. The average molecular weight is 243 g/mol. The number of halogens is 1. The van der Waals surface area contributed by atoms with Gasteiger partial charge in [0, 0.05) is 5.69 Å². The van der Waals surface area contributed by atoms with Gasteiger partial charge in [0.15, 0.2) is 0 Å². The predicted molar refractivity (Wildman–Crippen MR) is 73.8 cm³/mol. The number of anilines is 1. The molecule has 0 saturated heterocycles. The zero-order valence-electron chi connectivity index (χ0n) is 10.6. The second kappa shape index (κ2) is 5.67. The standard InChI is InChI=1S/C16H18FN/c1-12(9-13-5-7-15(17)8-6-13)10-14-3-2-4-16(18)11-14/h2-8,11-12H,9-10,18H2,1H3. The Kier molecular flexibility index (Phi) is 3.98. The smallest absolute Gasteiger partial charge is 0.123 e. The second-order valence-electron chi connectivity index (χ2n) is 4.88. The molecule has 0 amide bonds. The monoisotopic (exact) mass is 243 g/mol. The van der Waals surface area contributed by atoms with Gasteiger partial charge >= 0.3 is 0 Å². The number of hydrogen-bond acceptors (Lipinski definition) is 1. The van der Waals surface area contributed by atoms with Crippen molar-refractivity contribution in [3.63, 3.8) is 0 Å². The van der Waals surface area contributed by atoms with Crippen LogP contribution in [0, 0.1) is 11.7 Å². The summed E-state index contributed by atoms with van der Waals surface area (Å²) < 4.78 is 12.8. The van der Waals surface area contributed by atoms with Crippen molar-refractivity contribution >= 4 is 5.69 Å². The summed E-state index contributed by atoms with van der Waals surface area (Å²) in [5, 5.41) is 0. The van der Waals surface area contributed by atoms with Crippen molar-refractivity contribution in [3.8, 4) is 0 Å². The van der Waals surface area contributed by atoms with Crippen LogP contribution < -0.4 is 5.73 Å². The molecule has 0 aliphatic rings. The minimum Gasteiger partial charge on any atom is -0.399 e. The Morgan fingerprint density at radius 2 is 1.67 bits per heavy atom. The predicted octanol–water partition coefficient (Wildman–Crippen LogP) is 3.83. The first kappa shape index (κ1) is 12.6. The van der Waals surface area contributed by atoms with Crippen LogP contribution in [0.15, 0.2) is 48.5 Å². The van der Waals surface area contributed by atoms with Crippen LogP contribution >= 0.6 is 0 Å². The summed E-state index contributed by atoms with van der Waals surface area (Å²) in [5.74, 6) is 0.333. The Bertz CT molecular complexity index is 505. The Labute approximate surface area is 107 Å². The normalized spacial score (nSPS) is 12.3. The molecule has 94 valence electrons. The lowest BCUT2D eigenvalue weighted by Gasteiger charge is -2.12. The minimum atomic E-state index is -0.178. The zero-order valence-corrected chi connectivity index (χ0v) is 10.6. The van der Waals surface area contributed by atoms with Crippen LogP contribution in [0.25, 0.3) is 0 Å². The molecule has 2 heteroatoms. The van der Waals surface area contributed by atoms with Crippen LogP contribution in [0.3, 0.4) is 0 Å². The molecule has 1 atom stereocenters. The number of rotatable bonds is 4. The third-order valence-corrected chi connectivity index (χ3v) is 3.03. The highest BCUT2D eigenvalue weighted by Gasteiger charge is 2.05. The van der Waals surface area contributed by atoms with Gasteiger partial charge in [-0.25, -0.2) is 4.39 Å². The average Bonchev–Trinajstić information content (AvgIpc) is 2.32. The molecule has 2 N–H and O–H groups in total. The van der Waals surface area contributed by atoms with Gasteiger partial charge in [0.05, 0.1) is 0 Å². The SMILES string of the molecule is CC(Cc1ccc(F)cc1)Cc1cccc(N)c1. The van der Waals surface area contributed by atoms with E-state index in [9.17, 15) is 4.39 Å². The Morgan fingerprint density at radius 3 is 2.33 bits per heavy atom. The van der Waals surface area contributed by atoms with E-state index in [1.807, 2.05) is 30.3 Å². The molecule has 0 fully saturated rings. The van der Waals surface area contributed by atoms with Gasteiger partial charge in [-0.1, -0.05) is 31.2 Å². The molecular weight excluding hydrogens is 225 g/mol. The summed E-state index contributed by atoms with van der Waals surface area (Å²) in [6.07, 6.45) is 1.94. The van der Waals surface area contributed by atoms with Crippen molar-refractivity contribution in [2.75, 3.05) is 5.73 Å². The Hall–Kier alpha value is -1.83. The van der Waals surface area contributed by atoms with Crippen LogP contribution in [-0.4, -0.2) is 0 Å². The van der Waals surface area contributed by atoms with Crippen LogP contribution in [-0.2, 0) is 12.8 Å². The van der Waals surface area contributed by atoms with Crippen molar-refractivity contribution in [3.05, 3.63) is 65.5 Å². The molecule has 0 aromatic heterocycles. The van der Waals surface area contributed by atoms with E-state index < -0.39 is 0 Å². The first-order valence-electron chi connectivity index (χ1n) is 6.22. The van der Waals surface area contributed by atoms with Gasteiger partial charge in [0.1, 0.15) is 5.82 Å². The largest absolute Gasteiger partial charge is 0.399 e. The molecule has 1 unspecified atom stereocenters. The molecule has 0 aliphatic heterocycles. The topological polar surface area (TPSA) is 26.0 Å². The van der Waals surface area contributed by atoms with E-state index in [2.05, 4.69) is 13.0 Å². The summed E-state index contributed by atoms with van der Waals surface area (Å²) in [7, 11) is 0. The summed E-state index contributed by atoms with van der Waals surface area (Å²) in [4.78, 5) is 0. The van der Waals surface area contributed by atoms with E-state index in [4.69, 9.17) is 5.73 Å². The maximum absolute atomic E-state index is 12.8. The van der Waals surface area contributed by atoms with Crippen LogP contribution in [0.1, 0.15) is 18.1 Å². The second-order valence-corrected chi connectivity index (χ2v) is 4.88. The van der Waals surface area contributed by atoms with E-state index >= 15 is 0 Å². The molecule has 0 spiro atoms. The number of hydrogen-bond donors (Lipinski definition) is 1. The minimum absolute atomic E-state index is 0.178. The van der Waals surface area contributed by atoms with E-state index in [1.165, 1.54) is 23.3 Å². The summed E-state index contributed by atoms with van der Waals surface area (Å²) in [6, 6.07) is 14.7. The number of nitrogen functional groups attached to an aromatic ring is 1. The lowest BCUT2D eigenvalue weighted by Crippen LogP contribution is -2.04. The quantitative estimate of drug-likeness (QED) is 0.811. The zero-order chi connectivity index (χ0) is 13.0. The van der Waals surface area contributed by atoms with Gasteiger partial charge in [0.25, 0.3) is 0 Å². The molecule has 2 aromatic carbocycles. The molecule has 0 aliphatic carbocycles. The molecule has 2 aromatic rings. The van der Waals surface area contributed by atoms with Crippen molar-refractivity contribution in [2.45, 2.75) is 19.8 Å². The van der Waals surface area contributed by atoms with Gasteiger partial charge in [-0.2, -0.15) is 0 Å². The molecular formula is C16H18FN. The first-order chi connectivity index (χ1) is 8.63. The van der Waals surface area contributed by atoms with E-state index in [1.54, 1.807) is 0 Å². The van der Waals surface area contributed by atoms with Gasteiger partial charge in [-0.15, -0.1) is 0 Å². The van der Waals surface area contributed by atoms with Crippen molar-refractivity contribution in [1.29, 1.82) is 0 Å². The fourth-order valence-corrected chi connectivity index (χ4v) is 2.22. The maximum atomic E-state index is 12.8.